The third-order valence-corrected chi connectivity index (χ3v) is 8.09. The van der Waals surface area contributed by atoms with Crippen molar-refractivity contribution in [3.63, 3.8) is 0 Å². The number of esters is 1. The van der Waals surface area contributed by atoms with Crippen LogP contribution in [0.4, 0.5) is 4.39 Å². The molecular weight excluding hydrogens is 439 g/mol. The van der Waals surface area contributed by atoms with Crippen LogP contribution in [-0.4, -0.2) is 22.6 Å². The van der Waals surface area contributed by atoms with E-state index in [9.17, 15) is 9.18 Å². The van der Waals surface area contributed by atoms with Crippen molar-refractivity contribution in [3.05, 3.63) is 54.1 Å². The van der Waals surface area contributed by atoms with Crippen molar-refractivity contribution in [1.29, 1.82) is 0 Å². The first-order valence-electron chi connectivity index (χ1n) is 12.7. The van der Waals surface area contributed by atoms with E-state index < -0.39 is 5.54 Å². The number of aromatic nitrogens is 1. The van der Waals surface area contributed by atoms with E-state index >= 15 is 0 Å². The molecule has 2 N–H and O–H groups in total. The minimum absolute atomic E-state index is 0.00669. The fourth-order valence-corrected chi connectivity index (χ4v) is 6.69. The summed E-state index contributed by atoms with van der Waals surface area (Å²) < 4.78 is 18.4. The van der Waals surface area contributed by atoms with Crippen LogP contribution >= 0.6 is 0 Å². The summed E-state index contributed by atoms with van der Waals surface area (Å²) in [5.41, 5.74) is 8.62. The van der Waals surface area contributed by atoms with Gasteiger partial charge in [-0.05, 0) is 74.1 Å². The van der Waals surface area contributed by atoms with Crippen LogP contribution in [0.1, 0.15) is 58.6 Å². The Morgan fingerprint density at radius 1 is 1.14 bits per heavy atom. The van der Waals surface area contributed by atoms with Gasteiger partial charge in [0.05, 0.1) is 0 Å². The lowest BCUT2D eigenvalue weighted by molar-refractivity contribution is -0.146. The Morgan fingerprint density at radius 3 is 2.49 bits per heavy atom. The molecule has 188 valence electrons. The molecule has 1 unspecified atom stereocenters. The van der Waals surface area contributed by atoms with Crippen LogP contribution in [0.25, 0.3) is 11.1 Å². The average molecular weight is 479 g/mol. The minimum atomic E-state index is -0.702. The van der Waals surface area contributed by atoms with Gasteiger partial charge in [0, 0.05) is 23.4 Å². The summed E-state index contributed by atoms with van der Waals surface area (Å²) in [6, 6.07) is 10.4. The van der Waals surface area contributed by atoms with Gasteiger partial charge < -0.3 is 10.5 Å². The van der Waals surface area contributed by atoms with Crippen LogP contribution in [0.2, 0.25) is 0 Å². The van der Waals surface area contributed by atoms with Gasteiger partial charge in [-0.1, -0.05) is 51.3 Å². The Labute approximate surface area is 209 Å². The molecule has 3 aliphatic rings. The number of halogens is 1. The first kappa shape index (κ1) is 26.9. The highest BCUT2D eigenvalue weighted by atomic mass is 19.1. The van der Waals surface area contributed by atoms with Crippen molar-refractivity contribution in [3.8, 4) is 24.0 Å². The van der Waals surface area contributed by atoms with Gasteiger partial charge in [0.2, 0.25) is 0 Å². The summed E-state index contributed by atoms with van der Waals surface area (Å²) >= 11 is 0. The number of carbonyl (C=O) groups excluding carboxylic acids is 1. The molecule has 5 rings (SSSR count). The molecule has 1 aliphatic heterocycles. The molecule has 35 heavy (non-hydrogen) atoms. The summed E-state index contributed by atoms with van der Waals surface area (Å²) in [4.78, 5) is 16.4. The minimum Gasteiger partial charge on any atom is -0.461 e. The average Bonchev–Trinajstić information content (AvgIpc) is 3.07. The first-order chi connectivity index (χ1) is 16.7. The molecule has 2 saturated carbocycles. The highest BCUT2D eigenvalue weighted by Gasteiger charge is 2.62. The molecule has 0 spiro atoms. The number of aryl methyl sites for hydroxylation is 1. The second kappa shape index (κ2) is 11.4. The van der Waals surface area contributed by atoms with Crippen molar-refractivity contribution < 1.29 is 13.9 Å². The lowest BCUT2D eigenvalue weighted by atomic mass is 9.52. The van der Waals surface area contributed by atoms with E-state index in [4.69, 9.17) is 10.5 Å². The van der Waals surface area contributed by atoms with Crippen molar-refractivity contribution in [2.75, 3.05) is 0 Å². The summed E-state index contributed by atoms with van der Waals surface area (Å²) in [5, 5.41) is 0. The topological polar surface area (TPSA) is 65.2 Å². The maximum absolute atomic E-state index is 12.9. The number of benzene rings is 1. The number of nitrogens with two attached hydrogens (primary N) is 1. The lowest BCUT2D eigenvalue weighted by Gasteiger charge is -2.52. The predicted molar refractivity (Wildman–Crippen MR) is 139 cm³/mol. The normalized spacial score (nSPS) is 31.1. The van der Waals surface area contributed by atoms with Crippen LogP contribution < -0.4 is 5.73 Å². The number of terminal acetylenes is 1. The summed E-state index contributed by atoms with van der Waals surface area (Å²) in [7, 11) is 0. The monoisotopic (exact) mass is 478 g/mol. The molecule has 1 saturated heterocycles. The van der Waals surface area contributed by atoms with Gasteiger partial charge in [0.15, 0.2) is 0 Å². The molecule has 4 nitrogen and oxygen atoms in total. The van der Waals surface area contributed by atoms with Crippen LogP contribution in [0.5, 0.6) is 0 Å². The van der Waals surface area contributed by atoms with Gasteiger partial charge in [-0.2, -0.15) is 0 Å². The Hall–Kier alpha value is -2.71. The first-order valence-corrected chi connectivity index (χ1v) is 12.7. The SMILES string of the molecule is C#C.CC(C)[C@H]1C2CCCC[C@H]2C[C@@]2(N)C(=O)O[C@H](C)[C@@H]12.Cc1ccc(-c2cccc(F)c2)cn1. The molecule has 3 fully saturated rings. The Bertz CT molecular complexity index is 1020. The third kappa shape index (κ3) is 5.59. The van der Waals surface area contributed by atoms with Gasteiger partial charge in [0.25, 0.3) is 0 Å². The number of carbonyl (C=O) groups is 1. The van der Waals surface area contributed by atoms with Crippen LogP contribution in [-0.2, 0) is 9.53 Å². The number of pyridine rings is 1. The Balaban J connectivity index is 0.000000190. The molecule has 5 heteroatoms. The zero-order valence-corrected chi connectivity index (χ0v) is 21.4. The number of fused-ring (bicyclic) bond motifs is 2. The lowest BCUT2D eigenvalue weighted by Crippen LogP contribution is -2.61. The van der Waals surface area contributed by atoms with Gasteiger partial charge in [-0.3, -0.25) is 9.78 Å². The van der Waals surface area contributed by atoms with Gasteiger partial charge in [-0.15, -0.1) is 12.8 Å². The van der Waals surface area contributed by atoms with Gasteiger partial charge >= 0.3 is 5.97 Å². The predicted octanol–water partition coefficient (Wildman–Crippen LogP) is 6.17. The zero-order chi connectivity index (χ0) is 25.8. The third-order valence-electron chi connectivity index (χ3n) is 8.09. The van der Waals surface area contributed by atoms with Crippen molar-refractivity contribution >= 4 is 5.97 Å². The molecule has 0 bridgehead atoms. The van der Waals surface area contributed by atoms with Crippen LogP contribution in [0.3, 0.4) is 0 Å². The summed E-state index contributed by atoms with van der Waals surface area (Å²) in [5.74, 6) is 2.39. The number of hydrogen-bond acceptors (Lipinski definition) is 4. The fourth-order valence-electron chi connectivity index (χ4n) is 6.69. The van der Waals surface area contributed by atoms with E-state index in [0.717, 1.165) is 29.2 Å². The van der Waals surface area contributed by atoms with E-state index in [1.54, 1.807) is 12.3 Å². The van der Waals surface area contributed by atoms with E-state index in [2.05, 4.69) is 31.7 Å². The molecule has 6 atom stereocenters. The standard InChI is InChI=1S/C16H27NO2.C12H10FN.C2H2/c1-9(2)13-12-7-5-4-6-11(12)8-16(17)14(13)10(3)19-15(16)18;1-9-5-6-11(8-14-9)10-3-2-4-12(13)7-10;1-2/h9-14H,4-8,17H2,1-3H3;2-8H,1H3;1-2H/t10-,11+,12?,13+,14+,16+;;/m1../s1. The molecular formula is C30H39FN2O2. The smallest absolute Gasteiger partial charge is 0.326 e. The van der Waals surface area contributed by atoms with Crippen molar-refractivity contribution in [2.24, 2.45) is 35.3 Å². The highest BCUT2D eigenvalue weighted by Crippen LogP contribution is 2.55. The van der Waals surface area contributed by atoms with Crippen molar-refractivity contribution in [2.45, 2.75) is 71.4 Å². The van der Waals surface area contributed by atoms with Crippen molar-refractivity contribution in [1.82, 2.24) is 4.98 Å². The van der Waals surface area contributed by atoms with E-state index in [-0.39, 0.29) is 23.8 Å². The van der Waals surface area contributed by atoms with E-state index in [1.807, 2.05) is 32.0 Å². The summed E-state index contributed by atoms with van der Waals surface area (Å²) in [6.45, 7) is 8.54. The maximum Gasteiger partial charge on any atom is 0.326 e. The van der Waals surface area contributed by atoms with E-state index in [1.165, 1.54) is 37.8 Å². The maximum atomic E-state index is 12.9. The second-order valence-electron chi connectivity index (χ2n) is 10.6. The molecule has 2 aliphatic carbocycles. The van der Waals surface area contributed by atoms with Gasteiger partial charge in [0.1, 0.15) is 17.5 Å². The second-order valence-corrected chi connectivity index (χ2v) is 10.6. The molecule has 2 aromatic rings. The number of rotatable bonds is 2. The zero-order valence-electron chi connectivity index (χ0n) is 21.4. The summed E-state index contributed by atoms with van der Waals surface area (Å²) in [6.07, 6.45) is 15.8. The van der Waals surface area contributed by atoms with Crippen LogP contribution in [0, 0.1) is 55.2 Å². The molecule has 2 heterocycles. The number of nitrogens with zero attached hydrogens (tertiary/aromatic N) is 1. The molecule has 0 amide bonds. The molecule has 1 aromatic heterocycles. The largest absolute Gasteiger partial charge is 0.461 e. The van der Waals surface area contributed by atoms with Gasteiger partial charge in [-0.25, -0.2) is 4.39 Å². The van der Waals surface area contributed by atoms with Crippen LogP contribution in [0.15, 0.2) is 42.6 Å². The number of cyclic esters (lactones) is 1. The van der Waals surface area contributed by atoms with E-state index in [0.29, 0.717) is 17.8 Å². The Kier molecular flexibility index (Phi) is 8.72. The fraction of sp³-hybridized carbons (Fsp3) is 0.533. The Morgan fingerprint density at radius 2 is 1.86 bits per heavy atom. The molecule has 0 radical (unpaired) electrons. The highest BCUT2D eigenvalue weighted by molar-refractivity contribution is 5.84. The number of ether oxygens (including phenoxy) is 1. The number of hydrogen-bond donors (Lipinski definition) is 1. The molecule has 1 aromatic carbocycles. The quantitative estimate of drug-likeness (QED) is 0.414.